The number of pyridine rings is 1. The number of rotatable bonds is 5. The van der Waals surface area contributed by atoms with Crippen LogP contribution in [-0.2, 0) is 16.1 Å². The summed E-state index contributed by atoms with van der Waals surface area (Å²) >= 11 is 0. The number of methoxy groups -OCH3 is 1. The molecule has 0 radical (unpaired) electrons. The Kier molecular flexibility index (Phi) is 7.59. The van der Waals surface area contributed by atoms with Gasteiger partial charge in [0.25, 0.3) is 0 Å². The molecule has 8 heteroatoms. The van der Waals surface area contributed by atoms with Gasteiger partial charge in [-0.1, -0.05) is 42.2 Å². The third-order valence-corrected chi connectivity index (χ3v) is 4.44. The number of esters is 1. The Hall–Kier alpha value is -4.25. The summed E-state index contributed by atoms with van der Waals surface area (Å²) < 4.78 is 15.9. The minimum Gasteiger partial charge on any atom is -0.507 e. The lowest BCUT2D eigenvalue weighted by atomic mass is 10.1. The number of ether oxygens (including phenoxy) is 3. The lowest BCUT2D eigenvalue weighted by Gasteiger charge is -2.19. The number of fused-ring (bicyclic) bond motifs is 1. The summed E-state index contributed by atoms with van der Waals surface area (Å²) in [5, 5.41) is 13.5. The van der Waals surface area contributed by atoms with Crippen LogP contribution in [0.3, 0.4) is 0 Å². The van der Waals surface area contributed by atoms with Gasteiger partial charge in [-0.05, 0) is 38.5 Å². The van der Waals surface area contributed by atoms with Gasteiger partial charge in [0.15, 0.2) is 5.69 Å². The number of nitrogens with one attached hydrogen (secondary N) is 1. The Labute approximate surface area is 197 Å². The van der Waals surface area contributed by atoms with Crippen LogP contribution in [0.2, 0.25) is 0 Å². The molecular weight excluding hydrogens is 436 g/mol. The summed E-state index contributed by atoms with van der Waals surface area (Å²) in [6.07, 6.45) is -0.565. The molecule has 0 saturated carbocycles. The van der Waals surface area contributed by atoms with Gasteiger partial charge < -0.3 is 24.6 Å². The van der Waals surface area contributed by atoms with E-state index < -0.39 is 17.7 Å². The maximum atomic E-state index is 12.0. The Morgan fingerprint density at radius 2 is 1.85 bits per heavy atom. The predicted molar refractivity (Wildman–Crippen MR) is 127 cm³/mol. The molecule has 0 atom stereocenters. The molecule has 34 heavy (non-hydrogen) atoms. The minimum absolute atomic E-state index is 0.0440. The second-order valence-electron chi connectivity index (χ2n) is 8.32. The summed E-state index contributed by atoms with van der Waals surface area (Å²) in [6.45, 7) is 5.64. The smallest absolute Gasteiger partial charge is 0.408 e. The number of alkyl carbamates (subject to hydrolysis) is 1. The van der Waals surface area contributed by atoms with E-state index in [9.17, 15) is 14.7 Å². The monoisotopic (exact) mass is 462 g/mol. The molecule has 0 saturated heterocycles. The fourth-order valence-electron chi connectivity index (χ4n) is 2.98. The van der Waals surface area contributed by atoms with E-state index in [2.05, 4.69) is 22.1 Å². The highest BCUT2D eigenvalue weighted by Gasteiger charge is 2.17. The second kappa shape index (κ2) is 10.6. The van der Waals surface area contributed by atoms with Crippen LogP contribution in [0.5, 0.6) is 11.5 Å². The fourth-order valence-corrected chi connectivity index (χ4v) is 2.98. The van der Waals surface area contributed by atoms with E-state index in [0.717, 1.165) is 5.56 Å². The van der Waals surface area contributed by atoms with Crippen LogP contribution >= 0.6 is 0 Å². The minimum atomic E-state index is -0.678. The van der Waals surface area contributed by atoms with Gasteiger partial charge in [-0.25, -0.2) is 14.6 Å². The van der Waals surface area contributed by atoms with Crippen LogP contribution in [0.15, 0.2) is 48.5 Å². The van der Waals surface area contributed by atoms with E-state index in [1.165, 1.54) is 13.2 Å². The lowest BCUT2D eigenvalue weighted by Crippen LogP contribution is -2.32. The average Bonchev–Trinajstić information content (AvgIpc) is 2.79. The summed E-state index contributed by atoms with van der Waals surface area (Å²) in [4.78, 5) is 28.1. The molecule has 0 bridgehead atoms. The standard InChI is InChI=1S/C26H26N2O6/c1-26(2,3)34-25(31)27-12-8-11-18-13-19-21(29)15-20(24(30)32-4)28-23(19)22(14-18)33-16-17-9-6-5-7-10-17/h5-7,9-10,13-15H,12,16H2,1-4H3,(H,27,31)(H,28,29). The number of aromatic hydroxyl groups is 1. The molecule has 8 nitrogen and oxygen atoms in total. The largest absolute Gasteiger partial charge is 0.507 e. The third-order valence-electron chi connectivity index (χ3n) is 4.44. The Bertz CT molecular complexity index is 1250. The van der Waals surface area contributed by atoms with Crippen LogP contribution in [0.25, 0.3) is 10.9 Å². The topological polar surface area (TPSA) is 107 Å². The molecule has 1 aromatic heterocycles. The molecule has 1 heterocycles. The molecule has 1 amide bonds. The molecule has 2 N–H and O–H groups in total. The molecular formula is C26H26N2O6. The van der Waals surface area contributed by atoms with Crippen molar-refractivity contribution in [2.24, 2.45) is 0 Å². The van der Waals surface area contributed by atoms with Crippen LogP contribution < -0.4 is 10.1 Å². The molecule has 0 aliphatic carbocycles. The molecule has 0 aliphatic heterocycles. The summed E-state index contributed by atoms with van der Waals surface area (Å²) in [5.74, 6) is 5.29. The van der Waals surface area contributed by atoms with Gasteiger partial charge in [-0.15, -0.1) is 0 Å². The van der Waals surface area contributed by atoms with Crippen molar-refractivity contribution >= 4 is 23.0 Å². The highest BCUT2D eigenvalue weighted by Crippen LogP contribution is 2.33. The Morgan fingerprint density at radius 1 is 1.12 bits per heavy atom. The van der Waals surface area contributed by atoms with Crippen molar-refractivity contribution in [2.75, 3.05) is 13.7 Å². The third kappa shape index (κ3) is 6.62. The van der Waals surface area contributed by atoms with Crippen LogP contribution in [-0.4, -0.2) is 41.4 Å². The first-order valence-corrected chi connectivity index (χ1v) is 10.5. The molecule has 3 rings (SSSR count). The van der Waals surface area contributed by atoms with Gasteiger partial charge in [-0.2, -0.15) is 0 Å². The second-order valence-corrected chi connectivity index (χ2v) is 8.32. The van der Waals surface area contributed by atoms with E-state index in [1.54, 1.807) is 32.9 Å². The van der Waals surface area contributed by atoms with Gasteiger partial charge in [0.05, 0.1) is 13.7 Å². The van der Waals surface area contributed by atoms with Crippen molar-refractivity contribution in [3.8, 4) is 23.3 Å². The van der Waals surface area contributed by atoms with Crippen LogP contribution in [0.1, 0.15) is 42.4 Å². The zero-order valence-corrected chi connectivity index (χ0v) is 19.5. The summed E-state index contributed by atoms with van der Waals surface area (Å²) in [7, 11) is 1.24. The predicted octanol–water partition coefficient (Wildman–Crippen LogP) is 4.18. The maximum Gasteiger partial charge on any atom is 0.408 e. The van der Waals surface area contributed by atoms with E-state index in [4.69, 9.17) is 14.2 Å². The van der Waals surface area contributed by atoms with Gasteiger partial charge >= 0.3 is 12.1 Å². The highest BCUT2D eigenvalue weighted by atomic mass is 16.6. The number of carbonyl (C=O) groups is 2. The molecule has 3 aromatic rings. The molecule has 176 valence electrons. The van der Waals surface area contributed by atoms with E-state index >= 15 is 0 Å². The average molecular weight is 463 g/mol. The Balaban J connectivity index is 1.91. The van der Waals surface area contributed by atoms with E-state index in [-0.39, 0.29) is 24.6 Å². The fraction of sp³-hybridized carbons (Fsp3) is 0.269. The SMILES string of the molecule is COC(=O)c1cc(O)c2cc(C#CCNC(=O)OC(C)(C)C)cc(OCc3ccccc3)c2n1. The van der Waals surface area contributed by atoms with Crippen molar-refractivity contribution in [2.45, 2.75) is 33.0 Å². The zero-order valence-electron chi connectivity index (χ0n) is 19.5. The normalized spacial score (nSPS) is 10.7. The van der Waals surface area contributed by atoms with Gasteiger partial charge in [0.2, 0.25) is 0 Å². The van der Waals surface area contributed by atoms with E-state index in [1.807, 2.05) is 30.3 Å². The van der Waals surface area contributed by atoms with Gasteiger partial charge in [-0.3, -0.25) is 0 Å². The van der Waals surface area contributed by atoms with Crippen LogP contribution in [0.4, 0.5) is 4.79 Å². The Morgan fingerprint density at radius 3 is 2.53 bits per heavy atom. The molecule has 0 fully saturated rings. The number of carbonyl (C=O) groups excluding carboxylic acids is 2. The van der Waals surface area contributed by atoms with Crippen molar-refractivity contribution < 1.29 is 28.9 Å². The number of hydrogen-bond donors (Lipinski definition) is 2. The van der Waals surface area contributed by atoms with Crippen molar-refractivity contribution in [3.05, 3.63) is 65.4 Å². The molecule has 0 aliphatic rings. The first-order chi connectivity index (χ1) is 16.2. The number of amides is 1. The van der Waals surface area contributed by atoms with Crippen LogP contribution in [0, 0.1) is 11.8 Å². The number of aromatic nitrogens is 1. The first kappa shape index (κ1) is 24.4. The summed E-state index contributed by atoms with van der Waals surface area (Å²) in [5.41, 5.74) is 1.12. The van der Waals surface area contributed by atoms with Crippen molar-refractivity contribution in [1.29, 1.82) is 0 Å². The molecule has 0 unspecified atom stereocenters. The van der Waals surface area contributed by atoms with Gasteiger partial charge in [0, 0.05) is 17.0 Å². The van der Waals surface area contributed by atoms with Crippen molar-refractivity contribution in [1.82, 2.24) is 10.3 Å². The zero-order chi connectivity index (χ0) is 24.7. The quantitative estimate of drug-likeness (QED) is 0.433. The maximum absolute atomic E-state index is 12.0. The summed E-state index contributed by atoms with van der Waals surface area (Å²) in [6, 6.07) is 14.1. The van der Waals surface area contributed by atoms with E-state index in [0.29, 0.717) is 22.2 Å². The van der Waals surface area contributed by atoms with Gasteiger partial charge in [0.1, 0.15) is 29.2 Å². The number of benzene rings is 2. The van der Waals surface area contributed by atoms with Crippen molar-refractivity contribution in [3.63, 3.8) is 0 Å². The number of hydrogen-bond acceptors (Lipinski definition) is 7. The molecule has 2 aromatic carbocycles. The lowest BCUT2D eigenvalue weighted by molar-refractivity contribution is 0.0533. The highest BCUT2D eigenvalue weighted by molar-refractivity contribution is 5.96. The first-order valence-electron chi connectivity index (χ1n) is 10.5. The number of nitrogens with zero attached hydrogens (tertiary/aromatic N) is 1. The molecule has 0 spiro atoms.